The summed E-state index contributed by atoms with van der Waals surface area (Å²) in [6, 6.07) is 7.57. The van der Waals surface area contributed by atoms with Crippen molar-refractivity contribution in [2.24, 2.45) is 0 Å². The number of hydrogen-bond donors (Lipinski definition) is 0. The van der Waals surface area contributed by atoms with Crippen LogP contribution in [0.3, 0.4) is 0 Å². The highest BCUT2D eigenvalue weighted by atomic mass is 32.1. The van der Waals surface area contributed by atoms with Gasteiger partial charge in [-0.3, -0.25) is 4.79 Å². The Kier molecular flexibility index (Phi) is 2.87. The van der Waals surface area contributed by atoms with Gasteiger partial charge in [0.2, 0.25) is 0 Å². The van der Waals surface area contributed by atoms with E-state index < -0.39 is 0 Å². The SMILES string of the molecule is CN(Cc1ccco1)c1ccc(C=O)s1. The first-order valence-electron chi connectivity index (χ1n) is 4.58. The maximum Gasteiger partial charge on any atom is 0.160 e. The molecule has 0 aliphatic rings. The molecule has 0 unspecified atom stereocenters. The number of hydrogen-bond acceptors (Lipinski definition) is 4. The van der Waals surface area contributed by atoms with E-state index in [2.05, 4.69) is 4.90 Å². The molecule has 3 nitrogen and oxygen atoms in total. The van der Waals surface area contributed by atoms with Gasteiger partial charge in [0, 0.05) is 7.05 Å². The van der Waals surface area contributed by atoms with Gasteiger partial charge < -0.3 is 9.32 Å². The number of furan rings is 1. The van der Waals surface area contributed by atoms with Crippen molar-refractivity contribution in [3.05, 3.63) is 41.2 Å². The minimum atomic E-state index is 0.714. The topological polar surface area (TPSA) is 33.5 Å². The van der Waals surface area contributed by atoms with E-state index in [1.54, 1.807) is 6.26 Å². The van der Waals surface area contributed by atoms with Gasteiger partial charge in [0.1, 0.15) is 5.76 Å². The minimum Gasteiger partial charge on any atom is -0.467 e. The van der Waals surface area contributed by atoms with Crippen LogP contribution in [0.5, 0.6) is 0 Å². The molecule has 15 heavy (non-hydrogen) atoms. The molecule has 2 heterocycles. The van der Waals surface area contributed by atoms with Crippen LogP contribution in [0, 0.1) is 0 Å². The molecule has 0 amide bonds. The smallest absolute Gasteiger partial charge is 0.160 e. The van der Waals surface area contributed by atoms with E-state index in [9.17, 15) is 4.79 Å². The largest absolute Gasteiger partial charge is 0.467 e. The van der Waals surface area contributed by atoms with Crippen molar-refractivity contribution in [3.63, 3.8) is 0 Å². The van der Waals surface area contributed by atoms with Gasteiger partial charge in [0.25, 0.3) is 0 Å². The van der Waals surface area contributed by atoms with Crippen molar-refractivity contribution < 1.29 is 9.21 Å². The molecule has 2 rings (SSSR count). The highest BCUT2D eigenvalue weighted by Gasteiger charge is 2.06. The number of aldehydes is 1. The van der Waals surface area contributed by atoms with Crippen LogP contribution in [-0.2, 0) is 6.54 Å². The average molecular weight is 221 g/mol. The molecule has 0 aliphatic carbocycles. The number of carbonyl (C=O) groups is 1. The summed E-state index contributed by atoms with van der Waals surface area (Å²) < 4.78 is 5.25. The summed E-state index contributed by atoms with van der Waals surface area (Å²) >= 11 is 1.48. The highest BCUT2D eigenvalue weighted by Crippen LogP contribution is 2.25. The van der Waals surface area contributed by atoms with Gasteiger partial charge in [-0.25, -0.2) is 0 Å². The lowest BCUT2D eigenvalue weighted by atomic mass is 10.4. The van der Waals surface area contributed by atoms with Crippen LogP contribution in [0.4, 0.5) is 5.00 Å². The zero-order valence-corrected chi connectivity index (χ0v) is 9.16. The Balaban J connectivity index is 2.07. The zero-order valence-electron chi connectivity index (χ0n) is 8.34. The van der Waals surface area contributed by atoms with E-state index in [4.69, 9.17) is 4.42 Å². The van der Waals surface area contributed by atoms with Crippen molar-refractivity contribution in [3.8, 4) is 0 Å². The Morgan fingerprint density at radius 1 is 1.47 bits per heavy atom. The Hall–Kier alpha value is -1.55. The summed E-state index contributed by atoms with van der Waals surface area (Å²) in [4.78, 5) is 13.3. The Morgan fingerprint density at radius 2 is 2.33 bits per heavy atom. The quantitative estimate of drug-likeness (QED) is 0.744. The van der Waals surface area contributed by atoms with Crippen molar-refractivity contribution in [2.75, 3.05) is 11.9 Å². The molecule has 2 aromatic heterocycles. The molecule has 0 aliphatic heterocycles. The third kappa shape index (κ3) is 2.27. The summed E-state index contributed by atoms with van der Waals surface area (Å²) in [5, 5.41) is 1.06. The van der Waals surface area contributed by atoms with Crippen molar-refractivity contribution >= 4 is 22.6 Å². The standard InChI is InChI=1S/C11H11NO2S/c1-12(7-9-3-2-6-14-9)11-5-4-10(8-13)15-11/h2-6,8H,7H2,1H3. The first-order valence-corrected chi connectivity index (χ1v) is 5.40. The first kappa shape index (κ1) is 9.98. The summed E-state index contributed by atoms with van der Waals surface area (Å²) in [5.41, 5.74) is 0. The third-order valence-corrected chi connectivity index (χ3v) is 3.20. The normalized spacial score (nSPS) is 10.2. The molecule has 0 fully saturated rings. The van der Waals surface area contributed by atoms with Gasteiger partial charge in [-0.05, 0) is 24.3 Å². The molecular weight excluding hydrogens is 210 g/mol. The molecule has 78 valence electrons. The molecule has 2 aromatic rings. The fourth-order valence-corrected chi connectivity index (χ4v) is 2.11. The van der Waals surface area contributed by atoms with Gasteiger partial charge in [-0.1, -0.05) is 0 Å². The average Bonchev–Trinajstić information content (AvgIpc) is 2.86. The van der Waals surface area contributed by atoms with Gasteiger partial charge in [-0.15, -0.1) is 11.3 Å². The molecule has 0 bridgehead atoms. The predicted molar refractivity (Wildman–Crippen MR) is 60.5 cm³/mol. The van der Waals surface area contributed by atoms with Crippen LogP contribution in [-0.4, -0.2) is 13.3 Å². The summed E-state index contributed by atoms with van der Waals surface area (Å²) in [6.07, 6.45) is 2.53. The van der Waals surface area contributed by atoms with Crippen molar-refractivity contribution in [1.82, 2.24) is 0 Å². The van der Waals surface area contributed by atoms with Gasteiger partial charge in [-0.2, -0.15) is 0 Å². The van der Waals surface area contributed by atoms with E-state index in [0.717, 1.165) is 21.9 Å². The number of rotatable bonds is 4. The van der Waals surface area contributed by atoms with Crippen LogP contribution in [0.2, 0.25) is 0 Å². The number of thiophene rings is 1. The highest BCUT2D eigenvalue weighted by molar-refractivity contribution is 7.17. The Labute approximate surface area is 91.9 Å². The van der Waals surface area contributed by atoms with E-state index in [-0.39, 0.29) is 0 Å². The molecule has 4 heteroatoms. The molecule has 0 saturated heterocycles. The van der Waals surface area contributed by atoms with E-state index >= 15 is 0 Å². The van der Waals surface area contributed by atoms with E-state index in [1.807, 2.05) is 31.3 Å². The maximum absolute atomic E-state index is 10.5. The molecule has 0 atom stereocenters. The molecule has 0 radical (unpaired) electrons. The second kappa shape index (κ2) is 4.31. The number of anilines is 1. The fourth-order valence-electron chi connectivity index (χ4n) is 1.32. The van der Waals surface area contributed by atoms with Crippen LogP contribution in [0.25, 0.3) is 0 Å². The first-order chi connectivity index (χ1) is 7.29. The summed E-state index contributed by atoms with van der Waals surface area (Å²) in [5.74, 6) is 0.915. The minimum absolute atomic E-state index is 0.714. The van der Waals surface area contributed by atoms with Crippen LogP contribution in [0.1, 0.15) is 15.4 Å². The second-order valence-electron chi connectivity index (χ2n) is 3.23. The predicted octanol–water partition coefficient (Wildman–Crippen LogP) is 2.79. The summed E-state index contributed by atoms with van der Waals surface area (Å²) in [7, 11) is 1.98. The van der Waals surface area contributed by atoms with Crippen LogP contribution in [0.15, 0.2) is 34.9 Å². The fraction of sp³-hybridized carbons (Fsp3) is 0.182. The number of carbonyl (C=O) groups excluding carboxylic acids is 1. The maximum atomic E-state index is 10.5. The Bertz CT molecular complexity index is 433. The Morgan fingerprint density at radius 3 is 2.93 bits per heavy atom. The third-order valence-electron chi connectivity index (χ3n) is 2.08. The molecule has 0 spiro atoms. The van der Waals surface area contributed by atoms with Crippen LogP contribution >= 0.6 is 11.3 Å². The monoisotopic (exact) mass is 221 g/mol. The van der Waals surface area contributed by atoms with E-state index in [1.165, 1.54) is 11.3 Å². The molecular formula is C11H11NO2S. The van der Waals surface area contributed by atoms with E-state index in [0.29, 0.717) is 6.54 Å². The van der Waals surface area contributed by atoms with Crippen molar-refractivity contribution in [1.29, 1.82) is 0 Å². The lowest BCUT2D eigenvalue weighted by Gasteiger charge is -2.14. The number of nitrogens with zero attached hydrogens (tertiary/aromatic N) is 1. The molecule has 0 N–H and O–H groups in total. The lowest BCUT2D eigenvalue weighted by molar-refractivity contribution is 0.112. The van der Waals surface area contributed by atoms with Crippen molar-refractivity contribution in [2.45, 2.75) is 6.54 Å². The van der Waals surface area contributed by atoms with Crippen LogP contribution < -0.4 is 4.90 Å². The lowest BCUT2D eigenvalue weighted by Crippen LogP contribution is -2.14. The van der Waals surface area contributed by atoms with Gasteiger partial charge in [0.15, 0.2) is 6.29 Å². The summed E-state index contributed by atoms with van der Waals surface area (Å²) in [6.45, 7) is 0.714. The van der Waals surface area contributed by atoms with Gasteiger partial charge >= 0.3 is 0 Å². The molecule has 0 aromatic carbocycles. The van der Waals surface area contributed by atoms with Gasteiger partial charge in [0.05, 0.1) is 22.7 Å². The second-order valence-corrected chi connectivity index (χ2v) is 4.32. The molecule has 0 saturated carbocycles. The zero-order chi connectivity index (χ0) is 10.7.